The Balaban J connectivity index is 2.41. The van der Waals surface area contributed by atoms with Gasteiger partial charge in [0.15, 0.2) is 0 Å². The van der Waals surface area contributed by atoms with E-state index in [9.17, 15) is 4.79 Å². The summed E-state index contributed by atoms with van der Waals surface area (Å²) in [6.07, 6.45) is 0. The van der Waals surface area contributed by atoms with Gasteiger partial charge >= 0.3 is 0 Å². The Hall–Kier alpha value is -1.68. The summed E-state index contributed by atoms with van der Waals surface area (Å²) in [6.45, 7) is 1.87. The van der Waals surface area contributed by atoms with E-state index < -0.39 is 0 Å². The van der Waals surface area contributed by atoms with Crippen molar-refractivity contribution >= 4 is 17.2 Å². The Bertz CT molecular complexity index is 532. The second-order valence-corrected chi connectivity index (χ2v) is 5.00. The molecule has 0 saturated carbocycles. The Kier molecular flexibility index (Phi) is 3.24. The van der Waals surface area contributed by atoms with Crippen LogP contribution in [0.5, 0.6) is 0 Å². The second-order valence-electron chi connectivity index (χ2n) is 4.00. The topological polar surface area (TPSA) is 33.2 Å². The number of hydrogen-bond acceptors (Lipinski definition) is 3. The third-order valence-electron chi connectivity index (χ3n) is 2.42. The van der Waals surface area contributed by atoms with Crippen LogP contribution < -0.4 is 0 Å². The van der Waals surface area contributed by atoms with Gasteiger partial charge in [0.25, 0.3) is 5.91 Å². The number of carbonyl (C=O) groups excluding carboxylic acids is 1. The number of aromatic nitrogens is 1. The van der Waals surface area contributed by atoms with E-state index in [4.69, 9.17) is 0 Å². The number of thiazole rings is 1. The van der Waals surface area contributed by atoms with Gasteiger partial charge in [0.1, 0.15) is 9.88 Å². The van der Waals surface area contributed by atoms with Crippen LogP contribution in [-0.2, 0) is 0 Å². The summed E-state index contributed by atoms with van der Waals surface area (Å²) < 4.78 is 0. The molecule has 4 heteroatoms. The summed E-state index contributed by atoms with van der Waals surface area (Å²) >= 11 is 1.45. The molecule has 2 aromatic rings. The van der Waals surface area contributed by atoms with E-state index in [1.807, 2.05) is 37.3 Å². The minimum Gasteiger partial charge on any atom is -0.344 e. The van der Waals surface area contributed by atoms with Crippen molar-refractivity contribution in [2.75, 3.05) is 14.1 Å². The molecule has 0 fully saturated rings. The lowest BCUT2D eigenvalue weighted by Gasteiger charge is -2.07. The Morgan fingerprint density at radius 1 is 1.24 bits per heavy atom. The summed E-state index contributed by atoms with van der Waals surface area (Å²) in [7, 11) is 3.51. The number of benzene rings is 1. The highest BCUT2D eigenvalue weighted by atomic mass is 32.1. The number of aryl methyl sites for hydroxylation is 1. The van der Waals surface area contributed by atoms with E-state index >= 15 is 0 Å². The number of carbonyl (C=O) groups is 1. The van der Waals surface area contributed by atoms with Crippen LogP contribution in [0.15, 0.2) is 30.3 Å². The van der Waals surface area contributed by atoms with E-state index in [1.54, 1.807) is 19.0 Å². The minimum absolute atomic E-state index is 0.0159. The van der Waals surface area contributed by atoms with Gasteiger partial charge in [-0.2, -0.15) is 0 Å². The average Bonchev–Trinajstić information content (AvgIpc) is 2.71. The molecule has 88 valence electrons. The van der Waals surface area contributed by atoms with Gasteiger partial charge < -0.3 is 4.90 Å². The molecule has 0 spiro atoms. The van der Waals surface area contributed by atoms with E-state index in [-0.39, 0.29) is 5.91 Å². The zero-order valence-electron chi connectivity index (χ0n) is 10.1. The first-order valence-corrected chi connectivity index (χ1v) is 6.15. The van der Waals surface area contributed by atoms with Crippen molar-refractivity contribution in [1.29, 1.82) is 0 Å². The van der Waals surface area contributed by atoms with Crippen molar-refractivity contribution in [3.05, 3.63) is 40.9 Å². The lowest BCUT2D eigenvalue weighted by Crippen LogP contribution is -2.21. The van der Waals surface area contributed by atoms with E-state index in [2.05, 4.69) is 4.98 Å². The Morgan fingerprint density at radius 2 is 1.88 bits per heavy atom. The SMILES string of the molecule is Cc1nc(-c2ccccc2)sc1C(=O)N(C)C. The van der Waals surface area contributed by atoms with Crippen LogP contribution in [0.4, 0.5) is 0 Å². The van der Waals surface area contributed by atoms with Crippen molar-refractivity contribution in [3.8, 4) is 10.6 Å². The first-order valence-electron chi connectivity index (χ1n) is 5.34. The van der Waals surface area contributed by atoms with Crippen molar-refractivity contribution in [2.24, 2.45) is 0 Å². The fourth-order valence-electron chi connectivity index (χ4n) is 1.50. The average molecular weight is 246 g/mol. The summed E-state index contributed by atoms with van der Waals surface area (Å²) in [5.74, 6) is 0.0159. The Morgan fingerprint density at radius 3 is 2.47 bits per heavy atom. The van der Waals surface area contributed by atoms with Gasteiger partial charge in [0, 0.05) is 19.7 Å². The second kappa shape index (κ2) is 4.67. The number of hydrogen-bond donors (Lipinski definition) is 0. The molecule has 0 atom stereocenters. The summed E-state index contributed by atoms with van der Waals surface area (Å²) in [5.41, 5.74) is 1.85. The maximum atomic E-state index is 11.9. The molecule has 3 nitrogen and oxygen atoms in total. The van der Waals surface area contributed by atoms with Crippen molar-refractivity contribution in [2.45, 2.75) is 6.92 Å². The normalized spacial score (nSPS) is 10.3. The summed E-state index contributed by atoms with van der Waals surface area (Å²) in [6, 6.07) is 9.92. The first-order chi connectivity index (χ1) is 8.09. The highest BCUT2D eigenvalue weighted by Gasteiger charge is 2.17. The monoisotopic (exact) mass is 246 g/mol. The van der Waals surface area contributed by atoms with Crippen molar-refractivity contribution < 1.29 is 4.79 Å². The summed E-state index contributed by atoms with van der Waals surface area (Å²) in [4.78, 5) is 18.7. The molecule has 0 aliphatic rings. The van der Waals surface area contributed by atoms with Crippen LogP contribution in [0.25, 0.3) is 10.6 Å². The molecule has 1 heterocycles. The zero-order chi connectivity index (χ0) is 12.4. The van der Waals surface area contributed by atoms with Crippen LogP contribution in [0, 0.1) is 6.92 Å². The molecule has 1 aromatic heterocycles. The molecule has 0 unspecified atom stereocenters. The maximum Gasteiger partial charge on any atom is 0.265 e. The predicted octanol–water partition coefficient (Wildman–Crippen LogP) is 2.82. The highest BCUT2D eigenvalue weighted by molar-refractivity contribution is 7.17. The minimum atomic E-state index is 0.0159. The van der Waals surface area contributed by atoms with Crippen molar-refractivity contribution in [3.63, 3.8) is 0 Å². The number of amides is 1. The molecule has 0 N–H and O–H groups in total. The number of rotatable bonds is 2. The lowest BCUT2D eigenvalue weighted by atomic mass is 10.2. The molecule has 0 aliphatic carbocycles. The van der Waals surface area contributed by atoms with Gasteiger partial charge in [-0.1, -0.05) is 30.3 Å². The molecule has 0 aliphatic heterocycles. The molecule has 0 saturated heterocycles. The largest absolute Gasteiger partial charge is 0.344 e. The van der Waals surface area contributed by atoms with Crippen LogP contribution in [0.1, 0.15) is 15.4 Å². The third-order valence-corrected chi connectivity index (χ3v) is 3.61. The van der Waals surface area contributed by atoms with Crippen LogP contribution in [-0.4, -0.2) is 29.9 Å². The molecular weight excluding hydrogens is 232 g/mol. The van der Waals surface area contributed by atoms with Crippen LogP contribution >= 0.6 is 11.3 Å². The fraction of sp³-hybridized carbons (Fsp3) is 0.231. The van der Waals surface area contributed by atoms with Gasteiger partial charge in [-0.3, -0.25) is 4.79 Å². The fourth-order valence-corrected chi connectivity index (χ4v) is 2.60. The van der Waals surface area contributed by atoms with E-state index in [0.717, 1.165) is 16.3 Å². The standard InChI is InChI=1S/C13H14N2OS/c1-9-11(13(16)15(2)3)17-12(14-9)10-7-5-4-6-8-10/h4-8H,1-3H3. The van der Waals surface area contributed by atoms with Gasteiger partial charge in [-0.25, -0.2) is 4.98 Å². The Labute approximate surface area is 105 Å². The predicted molar refractivity (Wildman–Crippen MR) is 70.3 cm³/mol. The molecule has 0 radical (unpaired) electrons. The smallest absolute Gasteiger partial charge is 0.265 e. The zero-order valence-corrected chi connectivity index (χ0v) is 10.9. The lowest BCUT2D eigenvalue weighted by molar-refractivity contribution is 0.0831. The quantitative estimate of drug-likeness (QED) is 0.816. The molecule has 2 rings (SSSR count). The van der Waals surface area contributed by atoms with Gasteiger partial charge in [-0.15, -0.1) is 11.3 Å². The molecule has 0 bridgehead atoms. The molecule has 1 amide bonds. The van der Waals surface area contributed by atoms with Gasteiger partial charge in [0.05, 0.1) is 5.69 Å². The van der Waals surface area contributed by atoms with Crippen molar-refractivity contribution in [1.82, 2.24) is 9.88 Å². The first kappa shape index (κ1) is 11.8. The molecule has 17 heavy (non-hydrogen) atoms. The third kappa shape index (κ3) is 2.36. The van der Waals surface area contributed by atoms with Crippen LogP contribution in [0.3, 0.4) is 0 Å². The molecule has 1 aromatic carbocycles. The number of nitrogens with zero attached hydrogens (tertiary/aromatic N) is 2. The van der Waals surface area contributed by atoms with Gasteiger partial charge in [0.2, 0.25) is 0 Å². The summed E-state index contributed by atoms with van der Waals surface area (Å²) in [5, 5.41) is 0.897. The van der Waals surface area contributed by atoms with E-state index in [1.165, 1.54) is 11.3 Å². The highest BCUT2D eigenvalue weighted by Crippen LogP contribution is 2.28. The maximum absolute atomic E-state index is 11.9. The molecular formula is C13H14N2OS. The van der Waals surface area contributed by atoms with Crippen LogP contribution in [0.2, 0.25) is 0 Å². The van der Waals surface area contributed by atoms with E-state index in [0.29, 0.717) is 4.88 Å². The van der Waals surface area contributed by atoms with Gasteiger partial charge in [-0.05, 0) is 6.92 Å².